The zero-order valence-electron chi connectivity index (χ0n) is 18.0. The van der Waals surface area contributed by atoms with E-state index < -0.39 is 58.7 Å². The second-order valence-corrected chi connectivity index (χ2v) is 9.32. The second-order valence-electron chi connectivity index (χ2n) is 7.80. The summed E-state index contributed by atoms with van der Waals surface area (Å²) in [6, 6.07) is 2.98. The van der Waals surface area contributed by atoms with Crippen LogP contribution in [0.25, 0.3) is 0 Å². The Morgan fingerprint density at radius 2 is 1.76 bits per heavy atom. The Labute approximate surface area is 188 Å². The number of carbonyl (C=O) groups excluding carboxylic acids is 2. The largest absolute Gasteiger partial charge is 0.748 e. The smallest absolute Gasteiger partial charge is 0.573 e. The van der Waals surface area contributed by atoms with Crippen LogP contribution in [0, 0.1) is 5.92 Å². The summed E-state index contributed by atoms with van der Waals surface area (Å²) in [5.41, 5.74) is -0.927. The number of hydrogen-bond acceptors (Lipinski definition) is 9. The fraction of sp³-hybridized carbons (Fsp3) is 0.600. The van der Waals surface area contributed by atoms with Crippen molar-refractivity contribution in [1.82, 2.24) is 0 Å². The van der Waals surface area contributed by atoms with Gasteiger partial charge in [0.05, 0.1) is 21.4 Å². The molecule has 0 radical (unpaired) electrons. The maximum atomic E-state index is 12.9. The summed E-state index contributed by atoms with van der Waals surface area (Å²) in [7, 11) is -4.58. The van der Waals surface area contributed by atoms with Crippen molar-refractivity contribution in [1.29, 1.82) is 0 Å². The molecule has 1 fully saturated rings. The molecule has 0 N–H and O–H groups in total. The van der Waals surface area contributed by atoms with Crippen LogP contribution in [0.15, 0.2) is 18.2 Å². The molecular formula is C20H24F3O9S-. The number of rotatable bonds is 10. The number of carbonyl (C=O) groups is 2. The normalized spacial score (nSPS) is 15.8. The van der Waals surface area contributed by atoms with Crippen LogP contribution in [-0.4, -0.2) is 55.8 Å². The van der Waals surface area contributed by atoms with Crippen molar-refractivity contribution in [2.24, 2.45) is 5.92 Å². The van der Waals surface area contributed by atoms with E-state index in [0.717, 1.165) is 31.0 Å². The number of esters is 2. The first-order valence-corrected chi connectivity index (χ1v) is 11.6. The highest BCUT2D eigenvalue weighted by Gasteiger charge is 2.41. The van der Waals surface area contributed by atoms with E-state index >= 15 is 0 Å². The van der Waals surface area contributed by atoms with Crippen LogP contribution in [0.2, 0.25) is 0 Å². The average molecular weight is 497 g/mol. The van der Waals surface area contributed by atoms with Gasteiger partial charge in [-0.3, -0.25) is 0 Å². The van der Waals surface area contributed by atoms with Gasteiger partial charge in [-0.15, -0.1) is 13.2 Å². The molecule has 0 atom stereocenters. The Balaban J connectivity index is 2.14. The lowest BCUT2D eigenvalue weighted by molar-refractivity contribution is -0.275. The molecule has 0 amide bonds. The summed E-state index contributed by atoms with van der Waals surface area (Å²) in [5.74, 6) is -4.04. The van der Waals surface area contributed by atoms with Gasteiger partial charge in [0, 0.05) is 0 Å². The fourth-order valence-electron chi connectivity index (χ4n) is 3.42. The van der Waals surface area contributed by atoms with E-state index in [2.05, 4.69) is 9.47 Å². The summed E-state index contributed by atoms with van der Waals surface area (Å²) in [5, 5.41) is 0. The van der Waals surface area contributed by atoms with Gasteiger partial charge in [-0.05, 0) is 49.8 Å². The number of ether oxygens (including phenoxy) is 4. The van der Waals surface area contributed by atoms with E-state index in [9.17, 15) is 35.7 Å². The quantitative estimate of drug-likeness (QED) is 0.354. The van der Waals surface area contributed by atoms with Crippen LogP contribution in [-0.2, 0) is 24.4 Å². The second kappa shape index (κ2) is 10.6. The summed E-state index contributed by atoms with van der Waals surface area (Å²) < 4.78 is 89.2. The molecule has 0 heterocycles. The number of alkyl halides is 3. The molecule has 0 bridgehead atoms. The molecule has 1 aliphatic rings. The SMILES string of the molecule is CC(C)C1(Oc2cc(C(=O)OCC(=O)OCCS(=O)(=O)[O-])ccc2OC(F)(F)F)CCCC1. The number of halogens is 3. The van der Waals surface area contributed by atoms with Gasteiger partial charge in [-0.2, -0.15) is 0 Å². The van der Waals surface area contributed by atoms with Crippen molar-refractivity contribution < 1.29 is 54.7 Å². The standard InChI is InChI=1S/C20H25F3O9S/c1-13(2)19(7-3-4-8-19)31-16-11-14(5-6-15(16)32-20(21,22)23)18(25)30-12-17(24)29-9-10-33(26,27)28/h5-6,11,13H,3-4,7-10,12H2,1-2H3,(H,26,27,28)/p-1. The molecule has 186 valence electrons. The molecule has 1 aliphatic carbocycles. The molecule has 0 aromatic heterocycles. The molecule has 1 aromatic carbocycles. The zero-order valence-corrected chi connectivity index (χ0v) is 18.8. The topological polar surface area (TPSA) is 128 Å². The van der Waals surface area contributed by atoms with Crippen molar-refractivity contribution in [3.05, 3.63) is 23.8 Å². The lowest BCUT2D eigenvalue weighted by Crippen LogP contribution is -2.38. The molecule has 13 heteroatoms. The van der Waals surface area contributed by atoms with Crippen molar-refractivity contribution in [2.45, 2.75) is 51.5 Å². The lowest BCUT2D eigenvalue weighted by Gasteiger charge is -2.35. The van der Waals surface area contributed by atoms with Crippen LogP contribution >= 0.6 is 0 Å². The van der Waals surface area contributed by atoms with E-state index in [4.69, 9.17) is 9.47 Å². The molecule has 0 spiro atoms. The van der Waals surface area contributed by atoms with E-state index in [0.29, 0.717) is 12.8 Å². The predicted octanol–water partition coefficient (Wildman–Crippen LogP) is 3.18. The maximum absolute atomic E-state index is 12.9. The Kier molecular flexibility index (Phi) is 8.57. The van der Waals surface area contributed by atoms with Gasteiger partial charge in [0.2, 0.25) is 0 Å². The highest BCUT2D eigenvalue weighted by Crippen LogP contribution is 2.43. The van der Waals surface area contributed by atoms with Gasteiger partial charge in [-0.1, -0.05) is 13.8 Å². The molecule has 0 unspecified atom stereocenters. The van der Waals surface area contributed by atoms with Crippen molar-refractivity contribution in [3.8, 4) is 11.5 Å². The molecular weight excluding hydrogens is 473 g/mol. The van der Waals surface area contributed by atoms with Gasteiger partial charge < -0.3 is 23.5 Å². The van der Waals surface area contributed by atoms with E-state index in [-0.39, 0.29) is 17.2 Å². The monoisotopic (exact) mass is 497 g/mol. The van der Waals surface area contributed by atoms with E-state index in [1.54, 1.807) is 0 Å². The molecule has 33 heavy (non-hydrogen) atoms. The van der Waals surface area contributed by atoms with Crippen molar-refractivity contribution >= 4 is 22.1 Å². The minimum Gasteiger partial charge on any atom is -0.748 e. The lowest BCUT2D eigenvalue weighted by atomic mass is 9.88. The predicted molar refractivity (Wildman–Crippen MR) is 106 cm³/mol. The molecule has 0 saturated heterocycles. The van der Waals surface area contributed by atoms with Gasteiger partial charge >= 0.3 is 18.3 Å². The van der Waals surface area contributed by atoms with Crippen LogP contribution in [0.3, 0.4) is 0 Å². The summed E-state index contributed by atoms with van der Waals surface area (Å²) in [4.78, 5) is 23.8. The van der Waals surface area contributed by atoms with Gasteiger partial charge in [0.1, 0.15) is 12.2 Å². The third kappa shape index (κ3) is 8.39. The van der Waals surface area contributed by atoms with Gasteiger partial charge in [0.25, 0.3) is 0 Å². The third-order valence-corrected chi connectivity index (χ3v) is 5.80. The number of hydrogen-bond donors (Lipinski definition) is 0. The summed E-state index contributed by atoms with van der Waals surface area (Å²) in [6.07, 6.45) is -2.07. The summed E-state index contributed by atoms with van der Waals surface area (Å²) >= 11 is 0. The Morgan fingerprint density at radius 3 is 2.30 bits per heavy atom. The van der Waals surface area contributed by atoms with Crippen molar-refractivity contribution in [3.63, 3.8) is 0 Å². The number of benzene rings is 1. The maximum Gasteiger partial charge on any atom is 0.573 e. The van der Waals surface area contributed by atoms with Crippen LogP contribution in [0.5, 0.6) is 11.5 Å². The average Bonchev–Trinajstić information content (AvgIpc) is 3.15. The molecule has 1 saturated carbocycles. The Hall–Kier alpha value is -2.54. The first kappa shape index (κ1) is 26.7. The van der Waals surface area contributed by atoms with Crippen LogP contribution in [0.1, 0.15) is 49.9 Å². The molecule has 9 nitrogen and oxygen atoms in total. The highest BCUT2D eigenvalue weighted by molar-refractivity contribution is 7.85. The first-order valence-electron chi connectivity index (χ1n) is 10.1. The van der Waals surface area contributed by atoms with Gasteiger partial charge in [0.15, 0.2) is 18.1 Å². The van der Waals surface area contributed by atoms with Gasteiger partial charge in [-0.25, -0.2) is 18.0 Å². The Bertz CT molecular complexity index is 952. The molecule has 2 rings (SSSR count). The summed E-state index contributed by atoms with van der Waals surface area (Å²) in [6.45, 7) is 2.17. The molecule has 0 aliphatic heterocycles. The van der Waals surface area contributed by atoms with E-state index in [1.807, 2.05) is 13.8 Å². The van der Waals surface area contributed by atoms with Crippen LogP contribution < -0.4 is 9.47 Å². The minimum absolute atomic E-state index is 0.0259. The Morgan fingerprint density at radius 1 is 1.12 bits per heavy atom. The highest BCUT2D eigenvalue weighted by atomic mass is 32.2. The third-order valence-electron chi connectivity index (χ3n) is 5.14. The fourth-order valence-corrected chi connectivity index (χ4v) is 3.71. The first-order chi connectivity index (χ1) is 15.2. The van der Waals surface area contributed by atoms with Crippen LogP contribution in [0.4, 0.5) is 13.2 Å². The van der Waals surface area contributed by atoms with Crippen molar-refractivity contribution in [2.75, 3.05) is 19.0 Å². The molecule has 1 aromatic rings. The minimum atomic E-state index is -4.98. The zero-order chi connectivity index (χ0) is 24.9. The van der Waals surface area contributed by atoms with E-state index in [1.165, 1.54) is 0 Å².